The second-order valence-electron chi connectivity index (χ2n) is 4.66. The van der Waals surface area contributed by atoms with Crippen molar-refractivity contribution in [2.24, 2.45) is 0 Å². The van der Waals surface area contributed by atoms with E-state index in [1.165, 1.54) is 18.4 Å². The number of carbonyl (C=O) groups is 1. The Labute approximate surface area is 100 Å². The number of hydrogen-bond donors (Lipinski definition) is 1. The summed E-state index contributed by atoms with van der Waals surface area (Å²) in [6.07, 6.45) is -0.456. The SMILES string of the molecule is COC(C)C(=O)Nc1nc(C(C)(C)C)cs1. The minimum atomic E-state index is -0.456. The molecule has 0 aromatic carbocycles. The lowest BCUT2D eigenvalue weighted by molar-refractivity contribution is -0.124. The lowest BCUT2D eigenvalue weighted by Crippen LogP contribution is -2.26. The fourth-order valence-electron chi connectivity index (χ4n) is 0.990. The maximum absolute atomic E-state index is 11.5. The molecule has 1 aromatic heterocycles. The summed E-state index contributed by atoms with van der Waals surface area (Å²) in [6.45, 7) is 7.97. The Bertz CT molecular complexity index is 368. The average molecular weight is 242 g/mol. The topological polar surface area (TPSA) is 51.2 Å². The molecular weight excluding hydrogens is 224 g/mol. The van der Waals surface area contributed by atoms with Gasteiger partial charge >= 0.3 is 0 Å². The van der Waals surface area contributed by atoms with Crippen LogP contribution in [0.25, 0.3) is 0 Å². The molecule has 16 heavy (non-hydrogen) atoms. The van der Waals surface area contributed by atoms with E-state index in [4.69, 9.17) is 4.74 Å². The molecule has 4 nitrogen and oxygen atoms in total. The molecule has 0 spiro atoms. The van der Waals surface area contributed by atoms with Crippen molar-refractivity contribution in [3.63, 3.8) is 0 Å². The van der Waals surface area contributed by atoms with Gasteiger partial charge in [0.25, 0.3) is 5.91 Å². The van der Waals surface area contributed by atoms with Crippen LogP contribution in [0.2, 0.25) is 0 Å². The number of amides is 1. The zero-order valence-corrected chi connectivity index (χ0v) is 11.1. The van der Waals surface area contributed by atoms with Gasteiger partial charge in [-0.05, 0) is 6.92 Å². The highest BCUT2D eigenvalue weighted by molar-refractivity contribution is 7.13. The Balaban J connectivity index is 2.70. The normalized spacial score (nSPS) is 13.6. The van der Waals surface area contributed by atoms with Crippen LogP contribution in [0.15, 0.2) is 5.38 Å². The van der Waals surface area contributed by atoms with Crippen LogP contribution in [-0.4, -0.2) is 24.1 Å². The van der Waals surface area contributed by atoms with Crippen molar-refractivity contribution in [1.82, 2.24) is 4.98 Å². The number of carbonyl (C=O) groups excluding carboxylic acids is 1. The molecule has 0 aliphatic heterocycles. The van der Waals surface area contributed by atoms with E-state index in [2.05, 4.69) is 31.1 Å². The zero-order chi connectivity index (χ0) is 12.3. The molecule has 0 radical (unpaired) electrons. The van der Waals surface area contributed by atoms with Gasteiger partial charge < -0.3 is 4.74 Å². The molecule has 0 bridgehead atoms. The van der Waals surface area contributed by atoms with Gasteiger partial charge in [-0.3, -0.25) is 10.1 Å². The molecule has 0 aliphatic carbocycles. The summed E-state index contributed by atoms with van der Waals surface area (Å²) in [4.78, 5) is 15.9. The molecule has 1 atom stereocenters. The van der Waals surface area contributed by atoms with Gasteiger partial charge in [0, 0.05) is 17.9 Å². The number of nitrogens with one attached hydrogen (secondary N) is 1. The van der Waals surface area contributed by atoms with Gasteiger partial charge in [0.15, 0.2) is 5.13 Å². The predicted molar refractivity (Wildman–Crippen MR) is 65.9 cm³/mol. The van der Waals surface area contributed by atoms with Gasteiger partial charge in [0.1, 0.15) is 6.10 Å². The molecular formula is C11H18N2O2S. The quantitative estimate of drug-likeness (QED) is 0.885. The van der Waals surface area contributed by atoms with E-state index in [0.717, 1.165) is 5.69 Å². The molecule has 1 unspecified atom stereocenters. The zero-order valence-electron chi connectivity index (χ0n) is 10.3. The summed E-state index contributed by atoms with van der Waals surface area (Å²) < 4.78 is 4.92. The molecule has 5 heteroatoms. The molecule has 0 aliphatic rings. The van der Waals surface area contributed by atoms with Crippen LogP contribution in [-0.2, 0) is 14.9 Å². The van der Waals surface area contributed by atoms with Crippen LogP contribution in [0.3, 0.4) is 0 Å². The van der Waals surface area contributed by atoms with E-state index < -0.39 is 6.10 Å². The first-order chi connectivity index (χ1) is 7.34. The van der Waals surface area contributed by atoms with Crippen molar-refractivity contribution in [2.75, 3.05) is 12.4 Å². The third-order valence-corrected chi connectivity index (χ3v) is 2.98. The van der Waals surface area contributed by atoms with E-state index >= 15 is 0 Å². The highest BCUT2D eigenvalue weighted by Gasteiger charge is 2.19. The maximum atomic E-state index is 11.5. The average Bonchev–Trinajstić information content (AvgIpc) is 2.64. The van der Waals surface area contributed by atoms with Crippen molar-refractivity contribution in [3.8, 4) is 0 Å². The summed E-state index contributed by atoms with van der Waals surface area (Å²) >= 11 is 1.43. The van der Waals surface area contributed by atoms with E-state index in [1.54, 1.807) is 6.92 Å². The lowest BCUT2D eigenvalue weighted by atomic mass is 9.93. The van der Waals surface area contributed by atoms with E-state index in [-0.39, 0.29) is 11.3 Å². The van der Waals surface area contributed by atoms with E-state index in [0.29, 0.717) is 5.13 Å². The Hall–Kier alpha value is -0.940. The van der Waals surface area contributed by atoms with Crippen molar-refractivity contribution < 1.29 is 9.53 Å². The fourth-order valence-corrected chi connectivity index (χ4v) is 1.93. The minimum Gasteiger partial charge on any atom is -0.372 e. The number of hydrogen-bond acceptors (Lipinski definition) is 4. The number of ether oxygens (including phenoxy) is 1. The Morgan fingerprint density at radius 2 is 2.19 bits per heavy atom. The first-order valence-corrected chi connectivity index (χ1v) is 6.02. The summed E-state index contributed by atoms with van der Waals surface area (Å²) in [7, 11) is 1.51. The number of anilines is 1. The predicted octanol–water partition coefficient (Wildman–Crippen LogP) is 2.41. The number of aromatic nitrogens is 1. The second-order valence-corrected chi connectivity index (χ2v) is 5.51. The molecule has 90 valence electrons. The standard InChI is InChI=1S/C11H18N2O2S/c1-7(15-5)9(14)13-10-12-8(6-16-10)11(2,3)4/h6-7H,1-5H3,(H,12,13,14). The third-order valence-electron chi connectivity index (χ3n) is 2.23. The van der Waals surface area contributed by atoms with Gasteiger partial charge in [-0.25, -0.2) is 4.98 Å². The molecule has 0 saturated carbocycles. The Kier molecular flexibility index (Phi) is 4.04. The van der Waals surface area contributed by atoms with Gasteiger partial charge in [-0.2, -0.15) is 0 Å². The lowest BCUT2D eigenvalue weighted by Gasteiger charge is -2.14. The second kappa shape index (κ2) is 4.93. The third kappa shape index (κ3) is 3.28. The molecule has 1 rings (SSSR count). The van der Waals surface area contributed by atoms with Crippen LogP contribution in [0.5, 0.6) is 0 Å². The fraction of sp³-hybridized carbons (Fsp3) is 0.636. The van der Waals surface area contributed by atoms with Crippen molar-refractivity contribution in [1.29, 1.82) is 0 Å². The smallest absolute Gasteiger partial charge is 0.254 e. The molecule has 1 N–H and O–H groups in total. The van der Waals surface area contributed by atoms with Crippen LogP contribution in [0.4, 0.5) is 5.13 Å². The van der Waals surface area contributed by atoms with Crippen LogP contribution >= 0.6 is 11.3 Å². The van der Waals surface area contributed by atoms with Crippen molar-refractivity contribution in [3.05, 3.63) is 11.1 Å². The molecule has 1 aromatic rings. The van der Waals surface area contributed by atoms with Crippen LogP contribution in [0, 0.1) is 0 Å². The highest BCUT2D eigenvalue weighted by atomic mass is 32.1. The minimum absolute atomic E-state index is 0.00630. The maximum Gasteiger partial charge on any atom is 0.254 e. The number of nitrogens with zero attached hydrogens (tertiary/aromatic N) is 1. The molecule has 1 heterocycles. The van der Waals surface area contributed by atoms with E-state index in [9.17, 15) is 4.79 Å². The summed E-state index contributed by atoms with van der Waals surface area (Å²) in [6, 6.07) is 0. The Morgan fingerprint density at radius 1 is 1.56 bits per heavy atom. The molecule has 1 amide bonds. The van der Waals surface area contributed by atoms with Gasteiger partial charge in [-0.1, -0.05) is 20.8 Å². The van der Waals surface area contributed by atoms with Crippen molar-refractivity contribution >= 4 is 22.4 Å². The van der Waals surface area contributed by atoms with Gasteiger partial charge in [0.2, 0.25) is 0 Å². The van der Waals surface area contributed by atoms with Crippen LogP contribution < -0.4 is 5.32 Å². The number of rotatable bonds is 3. The van der Waals surface area contributed by atoms with Gasteiger partial charge in [-0.15, -0.1) is 11.3 Å². The van der Waals surface area contributed by atoms with Crippen LogP contribution in [0.1, 0.15) is 33.4 Å². The monoisotopic (exact) mass is 242 g/mol. The molecule has 0 saturated heterocycles. The Morgan fingerprint density at radius 3 is 2.62 bits per heavy atom. The largest absolute Gasteiger partial charge is 0.372 e. The first-order valence-electron chi connectivity index (χ1n) is 5.14. The van der Waals surface area contributed by atoms with Crippen molar-refractivity contribution in [2.45, 2.75) is 39.2 Å². The van der Waals surface area contributed by atoms with E-state index in [1.807, 2.05) is 5.38 Å². The molecule has 0 fully saturated rings. The highest BCUT2D eigenvalue weighted by Crippen LogP contribution is 2.26. The number of thiazole rings is 1. The van der Waals surface area contributed by atoms with Gasteiger partial charge in [0.05, 0.1) is 5.69 Å². The summed E-state index contributed by atoms with van der Waals surface area (Å²) in [5.41, 5.74) is 0.990. The summed E-state index contributed by atoms with van der Waals surface area (Å²) in [5.74, 6) is -0.169. The number of methoxy groups -OCH3 is 1. The first kappa shape index (κ1) is 13.1. The summed E-state index contributed by atoms with van der Waals surface area (Å²) in [5, 5.41) is 5.32.